The fourth-order valence-electron chi connectivity index (χ4n) is 3.19. The van der Waals surface area contributed by atoms with Gasteiger partial charge in [-0.15, -0.1) is 0 Å². The summed E-state index contributed by atoms with van der Waals surface area (Å²) in [5.41, 5.74) is 4.20. The van der Waals surface area contributed by atoms with Crippen LogP contribution < -0.4 is 10.7 Å². The fraction of sp³-hybridized carbons (Fsp3) is 0.278. The van der Waals surface area contributed by atoms with Gasteiger partial charge in [-0.2, -0.15) is 0 Å². The van der Waals surface area contributed by atoms with E-state index in [0.717, 1.165) is 28.8 Å². The largest absolute Gasteiger partial charge is 0.364 e. The number of H-pyrrole nitrogens is 1. The zero-order chi connectivity index (χ0) is 16.7. The first-order chi connectivity index (χ1) is 11.6. The lowest BCUT2D eigenvalue weighted by molar-refractivity contribution is 0.102. The number of carbonyl (C=O) groups excluding carboxylic acids is 1. The van der Waals surface area contributed by atoms with Crippen LogP contribution in [0.25, 0.3) is 10.2 Å². The molecule has 0 radical (unpaired) electrons. The second-order valence-electron chi connectivity index (χ2n) is 6.12. The van der Waals surface area contributed by atoms with Crippen molar-refractivity contribution in [2.75, 3.05) is 5.32 Å². The maximum absolute atomic E-state index is 12.3. The van der Waals surface area contributed by atoms with E-state index in [-0.39, 0.29) is 11.0 Å². The van der Waals surface area contributed by atoms with Gasteiger partial charge >= 0.3 is 0 Å². The quantitative estimate of drug-likeness (QED) is 0.751. The number of carbonyl (C=O) groups is 1. The molecule has 0 bridgehead atoms. The van der Waals surface area contributed by atoms with E-state index in [0.29, 0.717) is 5.13 Å². The standard InChI is InChI=1S/C18H17N3O2S/c1-10-8-14(22)13(9-19-10)17(23)21-18-20-16-12-5-3-2-4-11(12)6-7-15(16)24-18/h6-9H,2-5H2,1H3,(H,19,22)(H,20,21,23). The summed E-state index contributed by atoms with van der Waals surface area (Å²) in [6.07, 6.45) is 6.00. The van der Waals surface area contributed by atoms with Gasteiger partial charge in [-0.3, -0.25) is 14.9 Å². The van der Waals surface area contributed by atoms with Crippen LogP contribution >= 0.6 is 11.3 Å². The van der Waals surface area contributed by atoms with Crippen molar-refractivity contribution in [3.05, 3.63) is 57.0 Å². The second kappa shape index (κ2) is 5.87. The number of fused-ring (bicyclic) bond motifs is 3. The lowest BCUT2D eigenvalue weighted by atomic mass is 9.91. The molecule has 1 aliphatic rings. The minimum atomic E-state index is -0.427. The van der Waals surface area contributed by atoms with Gasteiger partial charge in [0, 0.05) is 18.0 Å². The van der Waals surface area contributed by atoms with Crippen molar-refractivity contribution in [1.82, 2.24) is 9.97 Å². The van der Waals surface area contributed by atoms with E-state index in [2.05, 4.69) is 27.4 Å². The maximum atomic E-state index is 12.3. The molecule has 1 aromatic carbocycles. The summed E-state index contributed by atoms with van der Waals surface area (Å²) >= 11 is 1.45. The van der Waals surface area contributed by atoms with Crippen LogP contribution in [0.15, 0.2) is 29.2 Å². The first-order valence-electron chi connectivity index (χ1n) is 8.04. The smallest absolute Gasteiger partial charge is 0.262 e. The summed E-state index contributed by atoms with van der Waals surface area (Å²) in [5, 5.41) is 3.30. The molecule has 0 spiro atoms. The number of nitrogens with one attached hydrogen (secondary N) is 2. The summed E-state index contributed by atoms with van der Waals surface area (Å²) in [6.45, 7) is 1.78. The van der Waals surface area contributed by atoms with Gasteiger partial charge in [-0.25, -0.2) is 4.98 Å². The monoisotopic (exact) mass is 339 g/mol. The number of hydrogen-bond acceptors (Lipinski definition) is 4. The number of rotatable bonds is 2. The van der Waals surface area contributed by atoms with Gasteiger partial charge in [-0.1, -0.05) is 17.4 Å². The Morgan fingerprint density at radius 1 is 1.29 bits per heavy atom. The van der Waals surface area contributed by atoms with Crippen molar-refractivity contribution in [2.45, 2.75) is 32.6 Å². The second-order valence-corrected chi connectivity index (χ2v) is 7.15. The molecule has 122 valence electrons. The zero-order valence-corrected chi connectivity index (χ0v) is 14.1. The molecule has 0 unspecified atom stereocenters. The molecule has 2 N–H and O–H groups in total. The number of amides is 1. The van der Waals surface area contributed by atoms with Crippen molar-refractivity contribution >= 4 is 32.6 Å². The predicted octanol–water partition coefficient (Wildman–Crippen LogP) is 3.42. The number of aromatic nitrogens is 2. The Bertz CT molecular complexity index is 1000. The first kappa shape index (κ1) is 15.1. The van der Waals surface area contributed by atoms with Crippen molar-refractivity contribution < 1.29 is 4.79 Å². The maximum Gasteiger partial charge on any atom is 0.262 e. The number of pyridine rings is 1. The van der Waals surface area contributed by atoms with Gasteiger partial charge < -0.3 is 4.98 Å². The number of benzene rings is 1. The van der Waals surface area contributed by atoms with Crippen molar-refractivity contribution in [3.63, 3.8) is 0 Å². The third kappa shape index (κ3) is 2.63. The van der Waals surface area contributed by atoms with Crippen LogP contribution in [-0.4, -0.2) is 15.9 Å². The molecule has 0 atom stereocenters. The van der Waals surface area contributed by atoms with Crippen molar-refractivity contribution in [2.24, 2.45) is 0 Å². The third-order valence-electron chi connectivity index (χ3n) is 4.41. The lowest BCUT2D eigenvalue weighted by Crippen LogP contribution is -2.21. The molecule has 24 heavy (non-hydrogen) atoms. The Kier molecular flexibility index (Phi) is 3.69. The summed E-state index contributed by atoms with van der Waals surface area (Å²) in [4.78, 5) is 31.8. The lowest BCUT2D eigenvalue weighted by Gasteiger charge is -2.15. The summed E-state index contributed by atoms with van der Waals surface area (Å²) in [6, 6.07) is 5.67. The average Bonchev–Trinajstić information content (AvgIpc) is 2.97. The molecule has 6 heteroatoms. The highest BCUT2D eigenvalue weighted by Crippen LogP contribution is 2.33. The molecular formula is C18H17N3O2S. The van der Waals surface area contributed by atoms with Crippen LogP contribution in [-0.2, 0) is 12.8 Å². The number of aromatic amines is 1. The SMILES string of the molecule is Cc1cc(=O)c(C(=O)Nc2nc3c4c(ccc3s2)CCCC4)c[nH]1. The van der Waals surface area contributed by atoms with E-state index < -0.39 is 5.91 Å². The van der Waals surface area contributed by atoms with E-state index in [9.17, 15) is 9.59 Å². The van der Waals surface area contributed by atoms with E-state index in [1.807, 2.05) is 0 Å². The number of nitrogens with zero attached hydrogens (tertiary/aromatic N) is 1. The van der Waals surface area contributed by atoms with Crippen LogP contribution in [0, 0.1) is 6.92 Å². The highest BCUT2D eigenvalue weighted by Gasteiger charge is 2.17. The van der Waals surface area contributed by atoms with Gasteiger partial charge in [-0.05, 0) is 49.8 Å². The third-order valence-corrected chi connectivity index (χ3v) is 5.34. The summed E-state index contributed by atoms with van der Waals surface area (Å²) in [5.74, 6) is -0.427. The Morgan fingerprint density at radius 3 is 2.96 bits per heavy atom. The minimum absolute atomic E-state index is 0.0990. The fourth-order valence-corrected chi connectivity index (χ4v) is 4.08. The Hall–Kier alpha value is -2.47. The summed E-state index contributed by atoms with van der Waals surface area (Å²) < 4.78 is 1.07. The Labute approximate surface area is 142 Å². The first-order valence-corrected chi connectivity index (χ1v) is 8.85. The van der Waals surface area contributed by atoms with Gasteiger partial charge in [0.05, 0.1) is 10.2 Å². The molecule has 4 rings (SSSR count). The molecule has 1 aliphatic carbocycles. The highest BCUT2D eigenvalue weighted by molar-refractivity contribution is 7.22. The van der Waals surface area contributed by atoms with E-state index in [1.54, 1.807) is 6.92 Å². The molecule has 0 saturated heterocycles. The van der Waals surface area contributed by atoms with Gasteiger partial charge in [0.15, 0.2) is 10.6 Å². The van der Waals surface area contributed by atoms with Gasteiger partial charge in [0.2, 0.25) is 0 Å². The average molecular weight is 339 g/mol. The zero-order valence-electron chi connectivity index (χ0n) is 13.3. The van der Waals surface area contributed by atoms with Crippen LogP contribution in [0.3, 0.4) is 0 Å². The normalized spacial score (nSPS) is 13.7. The molecule has 1 amide bonds. The van der Waals surface area contributed by atoms with Crippen LogP contribution in [0.2, 0.25) is 0 Å². The number of aryl methyl sites for hydroxylation is 3. The topological polar surface area (TPSA) is 74.8 Å². The Balaban J connectivity index is 1.67. The molecule has 0 fully saturated rings. The van der Waals surface area contributed by atoms with E-state index >= 15 is 0 Å². The van der Waals surface area contributed by atoms with Crippen molar-refractivity contribution in [1.29, 1.82) is 0 Å². The van der Waals surface area contributed by atoms with E-state index in [1.165, 1.54) is 47.6 Å². The van der Waals surface area contributed by atoms with Crippen LogP contribution in [0.1, 0.15) is 40.0 Å². The molecule has 0 saturated carbocycles. The number of anilines is 1. The van der Waals surface area contributed by atoms with E-state index in [4.69, 9.17) is 0 Å². The predicted molar refractivity (Wildman–Crippen MR) is 96.0 cm³/mol. The van der Waals surface area contributed by atoms with Crippen LogP contribution in [0.5, 0.6) is 0 Å². The molecule has 0 aliphatic heterocycles. The molecule has 2 aromatic heterocycles. The number of thiazole rings is 1. The molecule has 2 heterocycles. The molecule has 3 aromatic rings. The minimum Gasteiger partial charge on any atom is -0.364 e. The molecule has 5 nitrogen and oxygen atoms in total. The summed E-state index contributed by atoms with van der Waals surface area (Å²) in [7, 11) is 0. The van der Waals surface area contributed by atoms with Crippen LogP contribution in [0.4, 0.5) is 5.13 Å². The molecular weight excluding hydrogens is 322 g/mol. The van der Waals surface area contributed by atoms with Crippen molar-refractivity contribution in [3.8, 4) is 0 Å². The Morgan fingerprint density at radius 2 is 2.12 bits per heavy atom. The van der Waals surface area contributed by atoms with Gasteiger partial charge in [0.1, 0.15) is 5.56 Å². The number of hydrogen-bond donors (Lipinski definition) is 2. The van der Waals surface area contributed by atoms with Gasteiger partial charge in [0.25, 0.3) is 5.91 Å². The highest BCUT2D eigenvalue weighted by atomic mass is 32.1.